The van der Waals surface area contributed by atoms with Crippen molar-refractivity contribution in [2.75, 3.05) is 11.9 Å². The molecule has 0 aliphatic heterocycles. The van der Waals surface area contributed by atoms with Crippen molar-refractivity contribution >= 4 is 5.82 Å². The van der Waals surface area contributed by atoms with Gasteiger partial charge < -0.3 is 15.6 Å². The lowest BCUT2D eigenvalue weighted by atomic mass is 10.1. The maximum Gasteiger partial charge on any atom is 0.252 e. The van der Waals surface area contributed by atoms with Crippen molar-refractivity contribution < 1.29 is 0 Å². The molecular formula is C16H20N4O. The quantitative estimate of drug-likeness (QED) is 0.877. The van der Waals surface area contributed by atoms with Gasteiger partial charge in [0, 0.05) is 32.1 Å². The Morgan fingerprint density at radius 3 is 2.57 bits per heavy atom. The smallest absolute Gasteiger partial charge is 0.252 e. The lowest BCUT2D eigenvalue weighted by molar-refractivity contribution is 0.844. The van der Waals surface area contributed by atoms with E-state index in [2.05, 4.69) is 22.1 Å². The van der Waals surface area contributed by atoms with E-state index in [1.807, 2.05) is 24.1 Å². The van der Waals surface area contributed by atoms with E-state index in [4.69, 9.17) is 5.73 Å². The highest BCUT2D eigenvalue weighted by Crippen LogP contribution is 2.37. The van der Waals surface area contributed by atoms with Crippen LogP contribution in [0.15, 0.2) is 35.1 Å². The molecule has 1 aromatic carbocycles. The average molecular weight is 284 g/mol. The maximum atomic E-state index is 11.7. The fourth-order valence-electron chi connectivity index (χ4n) is 2.34. The van der Waals surface area contributed by atoms with Crippen LogP contribution in [0.5, 0.6) is 0 Å². The summed E-state index contributed by atoms with van der Waals surface area (Å²) in [5, 5.41) is 0. The first-order valence-electron chi connectivity index (χ1n) is 7.26. The van der Waals surface area contributed by atoms with Gasteiger partial charge in [-0.1, -0.05) is 24.3 Å². The first kappa shape index (κ1) is 13.8. The number of rotatable bonds is 5. The van der Waals surface area contributed by atoms with Crippen LogP contribution in [0.25, 0.3) is 0 Å². The molecule has 21 heavy (non-hydrogen) atoms. The molecule has 0 saturated heterocycles. The maximum absolute atomic E-state index is 11.7. The third kappa shape index (κ3) is 3.31. The Balaban J connectivity index is 1.77. The zero-order valence-corrected chi connectivity index (χ0v) is 12.2. The molecule has 1 heterocycles. The first-order valence-corrected chi connectivity index (χ1v) is 7.26. The summed E-state index contributed by atoms with van der Waals surface area (Å²) in [6.45, 7) is 1.27. The monoisotopic (exact) mass is 284 g/mol. The van der Waals surface area contributed by atoms with Gasteiger partial charge in [-0.2, -0.15) is 0 Å². The number of benzene rings is 1. The van der Waals surface area contributed by atoms with E-state index >= 15 is 0 Å². The Morgan fingerprint density at radius 1 is 1.29 bits per heavy atom. The largest absolute Gasteiger partial charge is 0.355 e. The zero-order valence-electron chi connectivity index (χ0n) is 12.2. The van der Waals surface area contributed by atoms with Crippen molar-refractivity contribution in [1.82, 2.24) is 9.97 Å². The van der Waals surface area contributed by atoms with Crippen LogP contribution in [-0.2, 0) is 13.1 Å². The molecule has 3 N–H and O–H groups in total. The zero-order chi connectivity index (χ0) is 14.8. The van der Waals surface area contributed by atoms with Crippen molar-refractivity contribution in [3.63, 3.8) is 0 Å². The predicted molar refractivity (Wildman–Crippen MR) is 83.3 cm³/mol. The Labute approximate surface area is 123 Å². The van der Waals surface area contributed by atoms with Crippen molar-refractivity contribution in [3.8, 4) is 0 Å². The van der Waals surface area contributed by atoms with Crippen molar-refractivity contribution in [2.45, 2.75) is 31.8 Å². The highest BCUT2D eigenvalue weighted by Gasteiger charge is 2.26. The summed E-state index contributed by atoms with van der Waals surface area (Å²) in [4.78, 5) is 21.2. The molecule has 0 bridgehead atoms. The van der Waals surface area contributed by atoms with Gasteiger partial charge in [-0.3, -0.25) is 4.79 Å². The van der Waals surface area contributed by atoms with E-state index in [0.717, 1.165) is 30.0 Å². The van der Waals surface area contributed by atoms with E-state index in [0.29, 0.717) is 19.0 Å². The SMILES string of the molecule is CN(Cc1ccc(CN)cc1)c1cc(=O)[nH]c(C2CC2)n1. The molecular weight excluding hydrogens is 264 g/mol. The Kier molecular flexibility index (Phi) is 3.75. The number of H-pyrrole nitrogens is 1. The van der Waals surface area contributed by atoms with E-state index < -0.39 is 0 Å². The minimum absolute atomic E-state index is 0.0766. The second kappa shape index (κ2) is 5.69. The van der Waals surface area contributed by atoms with E-state index in [1.54, 1.807) is 6.07 Å². The van der Waals surface area contributed by atoms with Gasteiger partial charge in [-0.05, 0) is 24.0 Å². The van der Waals surface area contributed by atoms with Crippen LogP contribution >= 0.6 is 0 Å². The summed E-state index contributed by atoms with van der Waals surface area (Å²) in [7, 11) is 1.95. The van der Waals surface area contributed by atoms with Crippen LogP contribution in [0.4, 0.5) is 5.82 Å². The third-order valence-electron chi connectivity index (χ3n) is 3.78. The molecule has 5 nitrogen and oxygen atoms in total. The molecule has 0 spiro atoms. The molecule has 0 atom stereocenters. The fraction of sp³-hybridized carbons (Fsp3) is 0.375. The normalized spacial score (nSPS) is 14.2. The number of nitrogens with one attached hydrogen (secondary N) is 1. The van der Waals surface area contributed by atoms with Crippen LogP contribution in [-0.4, -0.2) is 17.0 Å². The lowest BCUT2D eigenvalue weighted by Gasteiger charge is -2.18. The number of aromatic nitrogens is 2. The summed E-state index contributed by atoms with van der Waals surface area (Å²) < 4.78 is 0. The first-order chi connectivity index (χ1) is 10.2. The standard InChI is InChI=1S/C16H20N4O/c1-20(10-12-4-2-11(9-17)3-5-12)14-8-15(21)19-16(18-14)13-6-7-13/h2-5,8,13H,6-7,9-10,17H2,1H3,(H,18,19,21). The van der Waals surface area contributed by atoms with E-state index in [-0.39, 0.29) is 5.56 Å². The van der Waals surface area contributed by atoms with Gasteiger partial charge in [0.05, 0.1) is 0 Å². The third-order valence-corrected chi connectivity index (χ3v) is 3.78. The number of hydrogen-bond donors (Lipinski definition) is 2. The Bertz CT molecular complexity index is 673. The summed E-state index contributed by atoms with van der Waals surface area (Å²) in [5.74, 6) is 1.99. The molecule has 1 aliphatic carbocycles. The molecule has 0 radical (unpaired) electrons. The minimum Gasteiger partial charge on any atom is -0.355 e. The van der Waals surface area contributed by atoms with Crippen LogP contribution < -0.4 is 16.2 Å². The molecule has 1 aromatic heterocycles. The summed E-state index contributed by atoms with van der Waals surface area (Å²) in [6.07, 6.45) is 2.24. The fourth-order valence-corrected chi connectivity index (χ4v) is 2.34. The second-order valence-corrected chi connectivity index (χ2v) is 5.64. The molecule has 0 unspecified atom stereocenters. The van der Waals surface area contributed by atoms with Gasteiger partial charge in [0.1, 0.15) is 11.6 Å². The number of anilines is 1. The van der Waals surface area contributed by atoms with Crippen molar-refractivity contribution in [1.29, 1.82) is 0 Å². The number of nitrogens with zero attached hydrogens (tertiary/aromatic N) is 2. The molecule has 5 heteroatoms. The summed E-state index contributed by atoms with van der Waals surface area (Å²) in [6, 6.07) is 9.75. The van der Waals surface area contributed by atoms with Gasteiger partial charge in [-0.15, -0.1) is 0 Å². The Morgan fingerprint density at radius 2 is 1.95 bits per heavy atom. The average Bonchev–Trinajstić information content (AvgIpc) is 3.32. The molecule has 3 rings (SSSR count). The highest BCUT2D eigenvalue weighted by molar-refractivity contribution is 5.38. The van der Waals surface area contributed by atoms with Gasteiger partial charge >= 0.3 is 0 Å². The predicted octanol–water partition coefficient (Wildman–Crippen LogP) is 1.74. The van der Waals surface area contributed by atoms with Gasteiger partial charge in [0.15, 0.2) is 0 Å². The second-order valence-electron chi connectivity index (χ2n) is 5.64. The van der Waals surface area contributed by atoms with Crippen LogP contribution in [0, 0.1) is 0 Å². The van der Waals surface area contributed by atoms with Crippen molar-refractivity contribution in [3.05, 3.63) is 57.6 Å². The topological polar surface area (TPSA) is 75.0 Å². The van der Waals surface area contributed by atoms with Gasteiger partial charge in [-0.25, -0.2) is 4.98 Å². The van der Waals surface area contributed by atoms with Crippen LogP contribution in [0.3, 0.4) is 0 Å². The van der Waals surface area contributed by atoms with Crippen LogP contribution in [0.2, 0.25) is 0 Å². The minimum atomic E-state index is -0.0766. The number of aromatic amines is 1. The molecule has 2 aromatic rings. The molecule has 1 fully saturated rings. The van der Waals surface area contributed by atoms with E-state index in [1.165, 1.54) is 5.56 Å². The molecule has 0 amide bonds. The number of hydrogen-bond acceptors (Lipinski definition) is 4. The summed E-state index contributed by atoms with van der Waals surface area (Å²) in [5.41, 5.74) is 7.81. The highest BCUT2D eigenvalue weighted by atomic mass is 16.1. The molecule has 1 saturated carbocycles. The van der Waals surface area contributed by atoms with E-state index in [9.17, 15) is 4.79 Å². The van der Waals surface area contributed by atoms with Crippen LogP contribution in [0.1, 0.15) is 35.7 Å². The summed E-state index contributed by atoms with van der Waals surface area (Å²) >= 11 is 0. The molecule has 110 valence electrons. The van der Waals surface area contributed by atoms with Gasteiger partial charge in [0.25, 0.3) is 5.56 Å². The Hall–Kier alpha value is -2.14. The molecule has 1 aliphatic rings. The number of nitrogens with two attached hydrogens (primary N) is 1. The lowest BCUT2D eigenvalue weighted by Crippen LogP contribution is -2.22. The van der Waals surface area contributed by atoms with Gasteiger partial charge in [0.2, 0.25) is 0 Å². The van der Waals surface area contributed by atoms with Crippen molar-refractivity contribution in [2.24, 2.45) is 5.73 Å².